The average Bonchev–Trinajstić information content (AvgIpc) is 2.72. The van der Waals surface area contributed by atoms with Gasteiger partial charge in [0.25, 0.3) is 0 Å². The van der Waals surface area contributed by atoms with E-state index in [2.05, 4.69) is 34.6 Å². The molecule has 2 rings (SSSR count). The van der Waals surface area contributed by atoms with Gasteiger partial charge in [-0.2, -0.15) is 0 Å². The van der Waals surface area contributed by atoms with Crippen molar-refractivity contribution in [3.8, 4) is 0 Å². The van der Waals surface area contributed by atoms with E-state index in [-0.39, 0.29) is 5.79 Å². The van der Waals surface area contributed by atoms with Crippen LogP contribution < -0.4 is 0 Å². The highest BCUT2D eigenvalue weighted by atomic mass is 16.7. The molecule has 1 spiro atoms. The molecule has 0 bridgehead atoms. The van der Waals surface area contributed by atoms with Gasteiger partial charge in [-0.05, 0) is 17.8 Å². The molecule has 1 unspecified atom stereocenters. The minimum absolute atomic E-state index is 0.198. The van der Waals surface area contributed by atoms with Crippen LogP contribution in [0, 0.1) is 11.3 Å². The van der Waals surface area contributed by atoms with Gasteiger partial charge in [0.05, 0.1) is 13.2 Å². The van der Waals surface area contributed by atoms with E-state index in [1.165, 1.54) is 19.3 Å². The molecule has 1 atom stereocenters. The number of ether oxygens (including phenoxy) is 2. The predicted octanol–water partition coefficient (Wildman–Crippen LogP) is 4.38. The van der Waals surface area contributed by atoms with Crippen LogP contribution in [0.2, 0.25) is 0 Å². The SMILES string of the molecule is CCC.CCC1CC2(CCC1(C)C)OCCO2. The van der Waals surface area contributed by atoms with Crippen molar-refractivity contribution in [1.82, 2.24) is 0 Å². The second-order valence-electron chi connectivity index (χ2n) is 6.11. The highest BCUT2D eigenvalue weighted by Gasteiger charge is 2.47. The van der Waals surface area contributed by atoms with Crippen LogP contribution in [0.15, 0.2) is 0 Å². The third-order valence-corrected chi connectivity index (χ3v) is 4.12. The van der Waals surface area contributed by atoms with Gasteiger partial charge in [-0.1, -0.05) is 47.5 Å². The Kier molecular flexibility index (Phi) is 5.46. The molecule has 102 valence electrons. The molecule has 2 nitrogen and oxygen atoms in total. The highest BCUT2D eigenvalue weighted by molar-refractivity contribution is 4.91. The van der Waals surface area contributed by atoms with Crippen LogP contribution in [-0.2, 0) is 9.47 Å². The molecular formula is C15H30O2. The zero-order valence-corrected chi connectivity index (χ0v) is 12.3. The smallest absolute Gasteiger partial charge is 0.168 e. The molecule has 0 aromatic carbocycles. The van der Waals surface area contributed by atoms with E-state index in [1.54, 1.807) is 0 Å². The summed E-state index contributed by atoms with van der Waals surface area (Å²) in [5.41, 5.74) is 0.468. The first-order valence-corrected chi connectivity index (χ1v) is 7.27. The molecule has 0 aromatic rings. The van der Waals surface area contributed by atoms with Gasteiger partial charge in [0.1, 0.15) is 0 Å². The van der Waals surface area contributed by atoms with E-state index in [4.69, 9.17) is 9.47 Å². The Morgan fingerprint density at radius 2 is 1.53 bits per heavy atom. The molecule has 2 aliphatic rings. The molecule has 0 N–H and O–H groups in total. The van der Waals surface area contributed by atoms with E-state index >= 15 is 0 Å². The maximum atomic E-state index is 5.78. The van der Waals surface area contributed by atoms with E-state index in [9.17, 15) is 0 Å². The van der Waals surface area contributed by atoms with Crippen molar-refractivity contribution < 1.29 is 9.47 Å². The Balaban J connectivity index is 0.000000437. The second-order valence-corrected chi connectivity index (χ2v) is 6.11. The average molecular weight is 242 g/mol. The molecule has 1 aliphatic carbocycles. The van der Waals surface area contributed by atoms with Crippen LogP contribution in [-0.4, -0.2) is 19.0 Å². The van der Waals surface area contributed by atoms with Gasteiger partial charge in [-0.15, -0.1) is 0 Å². The lowest BCUT2D eigenvalue weighted by molar-refractivity contribution is -0.204. The van der Waals surface area contributed by atoms with Gasteiger partial charge in [0.15, 0.2) is 5.79 Å². The Hall–Kier alpha value is -0.0800. The molecule has 1 heterocycles. The van der Waals surface area contributed by atoms with Crippen molar-refractivity contribution in [2.24, 2.45) is 11.3 Å². The van der Waals surface area contributed by atoms with E-state index < -0.39 is 0 Å². The fourth-order valence-corrected chi connectivity index (χ4v) is 2.93. The molecule has 0 amide bonds. The van der Waals surface area contributed by atoms with Crippen LogP contribution >= 0.6 is 0 Å². The maximum absolute atomic E-state index is 5.78. The van der Waals surface area contributed by atoms with Gasteiger partial charge in [-0.25, -0.2) is 0 Å². The van der Waals surface area contributed by atoms with Crippen molar-refractivity contribution in [1.29, 1.82) is 0 Å². The van der Waals surface area contributed by atoms with Gasteiger partial charge in [-0.3, -0.25) is 0 Å². The summed E-state index contributed by atoms with van der Waals surface area (Å²) in [5, 5.41) is 0. The summed E-state index contributed by atoms with van der Waals surface area (Å²) >= 11 is 0. The normalized spacial score (nSPS) is 29.8. The van der Waals surface area contributed by atoms with Crippen molar-refractivity contribution in [2.75, 3.05) is 13.2 Å². The lowest BCUT2D eigenvalue weighted by atomic mass is 9.66. The molecule has 0 radical (unpaired) electrons. The Morgan fingerprint density at radius 1 is 1.00 bits per heavy atom. The lowest BCUT2D eigenvalue weighted by Crippen LogP contribution is -2.43. The van der Waals surface area contributed by atoms with E-state index in [1.807, 2.05) is 0 Å². The first-order chi connectivity index (χ1) is 7.99. The Morgan fingerprint density at radius 3 is 2.00 bits per heavy atom. The van der Waals surface area contributed by atoms with Crippen LogP contribution in [0.3, 0.4) is 0 Å². The summed E-state index contributed by atoms with van der Waals surface area (Å²) in [7, 11) is 0. The molecule has 1 aliphatic heterocycles. The topological polar surface area (TPSA) is 18.5 Å². The Bertz CT molecular complexity index is 217. The first kappa shape index (κ1) is 15.0. The monoisotopic (exact) mass is 242 g/mol. The zero-order chi connectivity index (χ0) is 12.9. The standard InChI is InChI=1S/C12H22O2.C3H8/c1-4-10-9-12(13-7-8-14-12)6-5-11(10,2)3;1-3-2/h10H,4-9H2,1-3H3;3H2,1-2H3. The molecule has 2 fully saturated rings. The zero-order valence-electron chi connectivity index (χ0n) is 12.3. The Labute approximate surface area is 107 Å². The molecular weight excluding hydrogens is 212 g/mol. The molecule has 1 saturated heterocycles. The van der Waals surface area contributed by atoms with Gasteiger partial charge in [0.2, 0.25) is 0 Å². The van der Waals surface area contributed by atoms with Crippen LogP contribution in [0.1, 0.15) is 66.7 Å². The predicted molar refractivity (Wildman–Crippen MR) is 72.0 cm³/mol. The summed E-state index contributed by atoms with van der Waals surface area (Å²) in [6.45, 7) is 12.9. The van der Waals surface area contributed by atoms with Crippen LogP contribution in [0.25, 0.3) is 0 Å². The van der Waals surface area contributed by atoms with Crippen molar-refractivity contribution >= 4 is 0 Å². The summed E-state index contributed by atoms with van der Waals surface area (Å²) in [6, 6.07) is 0. The molecule has 17 heavy (non-hydrogen) atoms. The van der Waals surface area contributed by atoms with Gasteiger partial charge >= 0.3 is 0 Å². The largest absolute Gasteiger partial charge is 0.348 e. The lowest BCUT2D eigenvalue weighted by Gasteiger charge is -2.45. The number of hydrogen-bond donors (Lipinski definition) is 0. The second kappa shape index (κ2) is 6.19. The highest BCUT2D eigenvalue weighted by Crippen LogP contribution is 2.49. The third-order valence-electron chi connectivity index (χ3n) is 4.12. The number of hydrogen-bond acceptors (Lipinski definition) is 2. The maximum Gasteiger partial charge on any atom is 0.168 e. The van der Waals surface area contributed by atoms with Gasteiger partial charge < -0.3 is 9.47 Å². The third kappa shape index (κ3) is 3.69. The fourth-order valence-electron chi connectivity index (χ4n) is 2.93. The van der Waals surface area contributed by atoms with E-state index in [0.29, 0.717) is 5.41 Å². The summed E-state index contributed by atoms with van der Waals surface area (Å²) in [5.74, 6) is 0.547. The summed E-state index contributed by atoms with van der Waals surface area (Å²) < 4.78 is 11.6. The van der Waals surface area contributed by atoms with Crippen LogP contribution in [0.4, 0.5) is 0 Å². The first-order valence-electron chi connectivity index (χ1n) is 7.27. The summed E-state index contributed by atoms with van der Waals surface area (Å²) in [4.78, 5) is 0. The minimum Gasteiger partial charge on any atom is -0.348 e. The minimum atomic E-state index is -0.198. The quantitative estimate of drug-likeness (QED) is 0.679. The molecule has 0 aromatic heterocycles. The molecule has 2 heteroatoms. The van der Waals surface area contributed by atoms with Gasteiger partial charge in [0, 0.05) is 12.8 Å². The van der Waals surface area contributed by atoms with Crippen LogP contribution in [0.5, 0.6) is 0 Å². The summed E-state index contributed by atoms with van der Waals surface area (Å²) in [6.07, 6.45) is 5.89. The molecule has 1 saturated carbocycles. The fraction of sp³-hybridized carbons (Fsp3) is 1.00. The van der Waals surface area contributed by atoms with Crippen molar-refractivity contribution in [3.05, 3.63) is 0 Å². The number of rotatable bonds is 1. The van der Waals surface area contributed by atoms with Crippen molar-refractivity contribution in [3.63, 3.8) is 0 Å². The van der Waals surface area contributed by atoms with E-state index in [0.717, 1.165) is 32.0 Å². The van der Waals surface area contributed by atoms with Crippen molar-refractivity contribution in [2.45, 2.75) is 72.5 Å².